The number of carbonyl (C=O) groups is 2. The monoisotopic (exact) mass is 471 g/mol. The molecule has 0 saturated carbocycles. The van der Waals surface area contributed by atoms with Crippen LogP contribution >= 0.6 is 11.3 Å². The van der Waals surface area contributed by atoms with Gasteiger partial charge in [0.25, 0.3) is 0 Å². The van der Waals surface area contributed by atoms with E-state index in [0.29, 0.717) is 22.2 Å². The summed E-state index contributed by atoms with van der Waals surface area (Å²) in [5.41, 5.74) is 3.69. The fourth-order valence-electron chi connectivity index (χ4n) is 3.37. The van der Waals surface area contributed by atoms with Crippen LogP contribution in [0.3, 0.4) is 0 Å². The van der Waals surface area contributed by atoms with Gasteiger partial charge in [-0.15, -0.1) is 10.2 Å². The van der Waals surface area contributed by atoms with E-state index in [9.17, 15) is 9.59 Å². The number of carbonyl (C=O) groups excluding carboxylic acids is 2. The van der Waals surface area contributed by atoms with Gasteiger partial charge in [-0.1, -0.05) is 91.1 Å². The zero-order chi connectivity index (χ0) is 23.8. The molecule has 172 valence electrons. The Kier molecular flexibility index (Phi) is 7.62. The van der Waals surface area contributed by atoms with E-state index < -0.39 is 12.1 Å². The Morgan fingerprint density at radius 3 is 2.18 bits per heavy atom. The molecule has 0 spiro atoms. The normalized spacial score (nSPS) is 11.4. The molecule has 0 aliphatic heterocycles. The van der Waals surface area contributed by atoms with Crippen LogP contribution in [0.5, 0.6) is 0 Å². The van der Waals surface area contributed by atoms with Gasteiger partial charge >= 0.3 is 6.03 Å². The molecule has 3 amide bonds. The smallest absolute Gasteiger partial charge is 0.319 e. The molecular weight excluding hydrogens is 446 g/mol. The van der Waals surface area contributed by atoms with Crippen LogP contribution in [-0.4, -0.2) is 28.2 Å². The molecule has 4 rings (SSSR count). The first-order valence-corrected chi connectivity index (χ1v) is 11.8. The van der Waals surface area contributed by atoms with Crippen LogP contribution in [0.15, 0.2) is 84.9 Å². The lowest BCUT2D eigenvalue weighted by atomic mass is 10.1. The van der Waals surface area contributed by atoms with Crippen molar-refractivity contribution in [2.45, 2.75) is 25.8 Å². The van der Waals surface area contributed by atoms with Crippen molar-refractivity contribution >= 4 is 34.1 Å². The molecule has 7 nitrogen and oxygen atoms in total. The minimum atomic E-state index is -0.804. The van der Waals surface area contributed by atoms with E-state index in [-0.39, 0.29) is 5.91 Å². The van der Waals surface area contributed by atoms with Crippen molar-refractivity contribution < 1.29 is 9.59 Å². The first-order valence-electron chi connectivity index (χ1n) is 11.0. The molecule has 0 aliphatic rings. The van der Waals surface area contributed by atoms with Crippen molar-refractivity contribution in [2.24, 2.45) is 0 Å². The third-order valence-electron chi connectivity index (χ3n) is 5.20. The number of aryl methyl sites for hydroxylation is 1. The van der Waals surface area contributed by atoms with Crippen molar-refractivity contribution in [1.82, 2.24) is 15.5 Å². The maximum absolute atomic E-state index is 13.1. The Bertz CT molecular complexity index is 1230. The highest BCUT2D eigenvalue weighted by atomic mass is 32.1. The molecule has 4 aromatic rings. The zero-order valence-corrected chi connectivity index (χ0v) is 19.5. The highest BCUT2D eigenvalue weighted by Crippen LogP contribution is 2.26. The lowest BCUT2D eigenvalue weighted by Crippen LogP contribution is -2.46. The second-order valence-corrected chi connectivity index (χ2v) is 8.64. The Hall–Kier alpha value is -4.04. The quantitative estimate of drug-likeness (QED) is 0.332. The van der Waals surface area contributed by atoms with Gasteiger partial charge in [-0.05, 0) is 29.7 Å². The fourth-order valence-corrected chi connectivity index (χ4v) is 4.12. The summed E-state index contributed by atoms with van der Waals surface area (Å²) in [5.74, 6) is -0.365. The summed E-state index contributed by atoms with van der Waals surface area (Å²) in [5, 5.41) is 17.7. The number of benzene rings is 3. The topological polar surface area (TPSA) is 96.0 Å². The molecule has 1 aromatic heterocycles. The number of urea groups is 1. The molecular formula is C26H25N5O2S. The predicted molar refractivity (Wildman–Crippen MR) is 136 cm³/mol. The zero-order valence-electron chi connectivity index (χ0n) is 18.7. The summed E-state index contributed by atoms with van der Waals surface area (Å²) in [4.78, 5) is 25.8. The molecule has 3 N–H and O–H groups in total. The van der Waals surface area contributed by atoms with Crippen LogP contribution in [0.1, 0.15) is 18.1 Å². The molecule has 1 atom stereocenters. The van der Waals surface area contributed by atoms with Gasteiger partial charge in [0.2, 0.25) is 11.0 Å². The van der Waals surface area contributed by atoms with Crippen molar-refractivity contribution in [3.05, 3.63) is 96.1 Å². The highest BCUT2D eigenvalue weighted by molar-refractivity contribution is 7.18. The Balaban J connectivity index is 1.45. The van der Waals surface area contributed by atoms with Gasteiger partial charge in [0.05, 0.1) is 0 Å². The van der Waals surface area contributed by atoms with E-state index in [1.807, 2.05) is 84.9 Å². The minimum Gasteiger partial charge on any atom is -0.326 e. The van der Waals surface area contributed by atoms with E-state index in [4.69, 9.17) is 0 Å². The number of hydrogen-bond donors (Lipinski definition) is 3. The molecule has 8 heteroatoms. The maximum atomic E-state index is 13.1. The minimum absolute atomic E-state index is 0.333. The number of nitrogens with one attached hydrogen (secondary N) is 3. The first-order chi connectivity index (χ1) is 16.6. The molecule has 0 fully saturated rings. The summed E-state index contributed by atoms with van der Waals surface area (Å²) in [6.07, 6.45) is 1.25. The van der Waals surface area contributed by atoms with Crippen LogP contribution in [0.2, 0.25) is 0 Å². The van der Waals surface area contributed by atoms with Crippen LogP contribution < -0.4 is 16.0 Å². The Labute approximate surface area is 202 Å². The number of amides is 3. The highest BCUT2D eigenvalue weighted by Gasteiger charge is 2.23. The van der Waals surface area contributed by atoms with Crippen LogP contribution in [0.25, 0.3) is 10.6 Å². The van der Waals surface area contributed by atoms with E-state index in [2.05, 4.69) is 33.1 Å². The molecule has 1 unspecified atom stereocenters. The van der Waals surface area contributed by atoms with E-state index >= 15 is 0 Å². The molecule has 1 heterocycles. The van der Waals surface area contributed by atoms with Gasteiger partial charge in [-0.3, -0.25) is 10.1 Å². The lowest BCUT2D eigenvalue weighted by molar-refractivity contribution is -0.117. The number of rotatable bonds is 8. The maximum Gasteiger partial charge on any atom is 0.319 e. The average molecular weight is 472 g/mol. The van der Waals surface area contributed by atoms with E-state index in [1.165, 1.54) is 16.9 Å². The Morgan fingerprint density at radius 2 is 1.50 bits per heavy atom. The van der Waals surface area contributed by atoms with Crippen LogP contribution in [0, 0.1) is 0 Å². The van der Waals surface area contributed by atoms with Crippen molar-refractivity contribution in [3.63, 3.8) is 0 Å². The van der Waals surface area contributed by atoms with Crippen molar-refractivity contribution in [1.29, 1.82) is 0 Å². The van der Waals surface area contributed by atoms with E-state index in [1.54, 1.807) is 0 Å². The SMILES string of the molecule is CCc1ccc(NC(=O)NC(Cc2ccccc2)C(=O)Nc2nnc(-c3ccccc3)s2)cc1. The third-order valence-corrected chi connectivity index (χ3v) is 6.09. The van der Waals surface area contributed by atoms with Gasteiger partial charge in [-0.2, -0.15) is 0 Å². The molecule has 0 radical (unpaired) electrons. The van der Waals surface area contributed by atoms with Gasteiger partial charge in [-0.25, -0.2) is 4.79 Å². The number of nitrogens with zero attached hydrogens (tertiary/aromatic N) is 2. The standard InChI is InChI=1S/C26H25N5O2S/c1-2-18-13-15-21(16-14-18)27-25(33)28-22(17-19-9-5-3-6-10-19)23(32)29-26-31-30-24(34-26)20-11-7-4-8-12-20/h3-16,22H,2,17H2,1H3,(H2,27,28,33)(H,29,31,32). The summed E-state index contributed by atoms with van der Waals surface area (Å²) in [7, 11) is 0. The molecule has 0 saturated heterocycles. The lowest BCUT2D eigenvalue weighted by Gasteiger charge is -2.18. The molecule has 3 aromatic carbocycles. The van der Waals surface area contributed by atoms with Gasteiger partial charge < -0.3 is 10.6 Å². The first kappa shape index (κ1) is 23.1. The van der Waals surface area contributed by atoms with Crippen molar-refractivity contribution in [3.8, 4) is 10.6 Å². The second kappa shape index (κ2) is 11.2. The molecule has 0 aliphatic carbocycles. The number of hydrogen-bond acceptors (Lipinski definition) is 5. The van der Waals surface area contributed by atoms with Crippen molar-refractivity contribution in [2.75, 3.05) is 10.6 Å². The third kappa shape index (κ3) is 6.26. The molecule has 0 bridgehead atoms. The second-order valence-electron chi connectivity index (χ2n) is 7.66. The average Bonchev–Trinajstić information content (AvgIpc) is 3.34. The Morgan fingerprint density at radius 1 is 0.824 bits per heavy atom. The summed E-state index contributed by atoms with van der Waals surface area (Å²) in [6.45, 7) is 2.07. The van der Waals surface area contributed by atoms with Crippen LogP contribution in [0.4, 0.5) is 15.6 Å². The summed E-state index contributed by atoms with van der Waals surface area (Å²) < 4.78 is 0. The van der Waals surface area contributed by atoms with Gasteiger partial charge in [0.1, 0.15) is 11.0 Å². The van der Waals surface area contributed by atoms with E-state index in [0.717, 1.165) is 17.5 Å². The summed E-state index contributed by atoms with van der Waals surface area (Å²) in [6, 6.07) is 25.5. The number of anilines is 2. The summed E-state index contributed by atoms with van der Waals surface area (Å²) >= 11 is 1.28. The molecule has 34 heavy (non-hydrogen) atoms. The predicted octanol–water partition coefficient (Wildman–Crippen LogP) is 5.14. The largest absolute Gasteiger partial charge is 0.326 e. The number of aromatic nitrogens is 2. The van der Waals surface area contributed by atoms with Gasteiger partial charge in [0, 0.05) is 17.7 Å². The van der Waals surface area contributed by atoms with Crippen LogP contribution in [-0.2, 0) is 17.6 Å². The van der Waals surface area contributed by atoms with Gasteiger partial charge in [0.15, 0.2) is 0 Å². The fraction of sp³-hybridized carbons (Fsp3) is 0.154.